The van der Waals surface area contributed by atoms with E-state index in [1.54, 1.807) is 6.20 Å². The Kier molecular flexibility index (Phi) is 6.90. The summed E-state index contributed by atoms with van der Waals surface area (Å²) in [6.45, 7) is 2.42. The summed E-state index contributed by atoms with van der Waals surface area (Å²) >= 11 is 6.39. The molecule has 1 saturated heterocycles. The Bertz CT molecular complexity index is 1130. The van der Waals surface area contributed by atoms with E-state index in [1.165, 1.54) is 0 Å². The van der Waals surface area contributed by atoms with Crippen LogP contribution in [0.5, 0.6) is 0 Å². The lowest BCUT2D eigenvalue weighted by Gasteiger charge is -2.29. The maximum Gasteiger partial charge on any atom is 0.228 e. The largest absolute Gasteiger partial charge is 0.345 e. The van der Waals surface area contributed by atoms with Crippen molar-refractivity contribution in [2.75, 3.05) is 19.6 Å². The topological polar surface area (TPSA) is 45.2 Å². The van der Waals surface area contributed by atoms with Gasteiger partial charge in [-0.1, -0.05) is 66.1 Å². The minimum atomic E-state index is -0.559. The van der Waals surface area contributed by atoms with Crippen molar-refractivity contribution < 1.29 is 4.79 Å². The van der Waals surface area contributed by atoms with Gasteiger partial charge >= 0.3 is 0 Å². The molecule has 1 N–H and O–H groups in total. The van der Waals surface area contributed by atoms with E-state index in [1.807, 2.05) is 48.7 Å². The smallest absolute Gasteiger partial charge is 0.228 e. The summed E-state index contributed by atoms with van der Waals surface area (Å²) in [5.74, 6) is 2.54. The number of rotatable bonds is 7. The highest BCUT2D eigenvalue weighted by Crippen LogP contribution is 2.38. The molecule has 2 aromatic carbocycles. The van der Waals surface area contributed by atoms with Gasteiger partial charge in [-0.15, -0.1) is 6.42 Å². The fourth-order valence-electron chi connectivity index (χ4n) is 4.53. The van der Waals surface area contributed by atoms with Gasteiger partial charge < -0.3 is 5.32 Å². The van der Waals surface area contributed by atoms with E-state index in [2.05, 4.69) is 39.3 Å². The van der Waals surface area contributed by atoms with Crippen molar-refractivity contribution in [1.29, 1.82) is 0 Å². The number of likely N-dealkylation sites (tertiary alicyclic amines) is 1. The van der Waals surface area contributed by atoms with Gasteiger partial charge in [-0.2, -0.15) is 0 Å². The molecule has 0 bridgehead atoms. The van der Waals surface area contributed by atoms with Gasteiger partial charge in [0, 0.05) is 36.1 Å². The molecule has 1 aliphatic rings. The number of aromatic nitrogens is 1. The third-order valence-electron chi connectivity index (χ3n) is 6.14. The molecule has 0 spiro atoms. The molecule has 4 nitrogen and oxygen atoms in total. The number of carbonyl (C=O) groups excluding carboxylic acids is 1. The van der Waals surface area contributed by atoms with Gasteiger partial charge in [-0.25, -0.2) is 0 Å². The van der Waals surface area contributed by atoms with Crippen LogP contribution in [-0.4, -0.2) is 35.4 Å². The average Bonchev–Trinajstić information content (AvgIpc) is 3.23. The summed E-state index contributed by atoms with van der Waals surface area (Å²) < 4.78 is 0. The Morgan fingerprint density at radius 2 is 1.91 bits per heavy atom. The highest BCUT2D eigenvalue weighted by Gasteiger charge is 2.44. The second kappa shape index (κ2) is 9.99. The van der Waals surface area contributed by atoms with Gasteiger partial charge in [0.25, 0.3) is 0 Å². The number of carbonyl (C=O) groups is 1. The summed E-state index contributed by atoms with van der Waals surface area (Å²) in [7, 11) is 0. The van der Waals surface area contributed by atoms with Crippen LogP contribution in [0.2, 0.25) is 5.02 Å². The Morgan fingerprint density at radius 3 is 2.66 bits per heavy atom. The number of amides is 1. The number of benzene rings is 2. The fourth-order valence-corrected chi connectivity index (χ4v) is 4.73. The van der Waals surface area contributed by atoms with Crippen molar-refractivity contribution >= 4 is 17.5 Å². The number of hydrogen-bond donors (Lipinski definition) is 1. The molecular formula is C27H26ClN3O. The standard InChI is InChI=1S/C27H26ClN3O/c1-2-14-30-26(32)27(13-16-31(20-27)19-23-9-4-6-12-25(23)28)17-21-8-3-5-11-24(21)22-10-7-15-29-18-22/h1,3-12,15,18H,13-14,16-17,19-20H2,(H,30,32). The first-order valence-corrected chi connectivity index (χ1v) is 11.1. The highest BCUT2D eigenvalue weighted by atomic mass is 35.5. The number of hydrogen-bond acceptors (Lipinski definition) is 3. The van der Waals surface area contributed by atoms with Crippen LogP contribution in [0.25, 0.3) is 11.1 Å². The van der Waals surface area contributed by atoms with Crippen LogP contribution in [0.1, 0.15) is 17.5 Å². The predicted octanol–water partition coefficient (Wildman–Crippen LogP) is 4.59. The molecule has 5 heteroatoms. The third-order valence-corrected chi connectivity index (χ3v) is 6.50. The molecule has 1 amide bonds. The van der Waals surface area contributed by atoms with Crippen molar-refractivity contribution in [2.45, 2.75) is 19.4 Å². The Labute approximate surface area is 194 Å². The maximum atomic E-state index is 13.4. The minimum Gasteiger partial charge on any atom is -0.345 e. The fraction of sp³-hybridized carbons (Fsp3) is 0.259. The molecule has 1 aliphatic heterocycles. The van der Waals surface area contributed by atoms with E-state index < -0.39 is 5.41 Å². The van der Waals surface area contributed by atoms with E-state index in [0.29, 0.717) is 19.5 Å². The number of pyridine rings is 1. The van der Waals surface area contributed by atoms with Crippen LogP contribution in [0.4, 0.5) is 0 Å². The van der Waals surface area contributed by atoms with Gasteiger partial charge in [-0.3, -0.25) is 14.7 Å². The molecule has 3 aromatic rings. The average molecular weight is 444 g/mol. The van der Waals surface area contributed by atoms with Crippen molar-refractivity contribution in [3.05, 3.63) is 89.2 Å². The van der Waals surface area contributed by atoms with Crippen molar-refractivity contribution in [3.8, 4) is 23.5 Å². The van der Waals surface area contributed by atoms with E-state index >= 15 is 0 Å². The molecule has 0 radical (unpaired) electrons. The Balaban J connectivity index is 1.62. The first kappa shape index (κ1) is 22.1. The lowest BCUT2D eigenvalue weighted by atomic mass is 9.78. The van der Waals surface area contributed by atoms with Gasteiger partial charge in [0.1, 0.15) is 0 Å². The maximum absolute atomic E-state index is 13.4. The lowest BCUT2D eigenvalue weighted by Crippen LogP contribution is -2.44. The van der Waals surface area contributed by atoms with Crippen molar-refractivity contribution in [2.24, 2.45) is 5.41 Å². The van der Waals surface area contributed by atoms with Crippen LogP contribution in [0, 0.1) is 17.8 Å². The zero-order valence-corrected chi connectivity index (χ0v) is 18.7. The monoisotopic (exact) mass is 443 g/mol. The Hall–Kier alpha value is -3.13. The van der Waals surface area contributed by atoms with Gasteiger partial charge in [0.15, 0.2) is 0 Å². The molecule has 1 unspecified atom stereocenters. The molecule has 32 heavy (non-hydrogen) atoms. The summed E-state index contributed by atoms with van der Waals surface area (Å²) in [6, 6.07) is 20.1. The van der Waals surface area contributed by atoms with Crippen LogP contribution in [0.15, 0.2) is 73.1 Å². The summed E-state index contributed by atoms with van der Waals surface area (Å²) in [4.78, 5) is 20.0. The summed E-state index contributed by atoms with van der Waals surface area (Å²) in [6.07, 6.45) is 10.4. The first-order valence-electron chi connectivity index (χ1n) is 10.8. The third kappa shape index (κ3) is 4.85. The summed E-state index contributed by atoms with van der Waals surface area (Å²) in [5, 5.41) is 3.70. The summed E-state index contributed by atoms with van der Waals surface area (Å²) in [5.41, 5.74) is 3.80. The second-order valence-corrected chi connectivity index (χ2v) is 8.70. The van der Waals surface area contributed by atoms with Gasteiger partial charge in [0.2, 0.25) is 5.91 Å². The quantitative estimate of drug-likeness (QED) is 0.543. The molecule has 1 fully saturated rings. The molecular weight excluding hydrogens is 418 g/mol. The normalized spacial score (nSPS) is 18.2. The van der Waals surface area contributed by atoms with Crippen LogP contribution >= 0.6 is 11.6 Å². The minimum absolute atomic E-state index is 0.0121. The molecule has 0 saturated carbocycles. The highest BCUT2D eigenvalue weighted by molar-refractivity contribution is 6.31. The van der Waals surface area contributed by atoms with Crippen LogP contribution < -0.4 is 5.32 Å². The predicted molar refractivity (Wildman–Crippen MR) is 129 cm³/mol. The lowest BCUT2D eigenvalue weighted by molar-refractivity contribution is -0.130. The van der Waals surface area contributed by atoms with Crippen LogP contribution in [0.3, 0.4) is 0 Å². The molecule has 1 aromatic heterocycles. The SMILES string of the molecule is C#CCNC(=O)C1(Cc2ccccc2-c2cccnc2)CCN(Cc2ccccc2Cl)C1. The molecule has 2 heterocycles. The van der Waals surface area contributed by atoms with Crippen molar-refractivity contribution in [1.82, 2.24) is 15.2 Å². The van der Waals surface area contributed by atoms with Gasteiger partial charge in [-0.05, 0) is 48.2 Å². The van der Waals surface area contributed by atoms with E-state index in [4.69, 9.17) is 18.0 Å². The molecule has 1 atom stereocenters. The van der Waals surface area contributed by atoms with E-state index in [9.17, 15) is 4.79 Å². The number of nitrogens with one attached hydrogen (secondary N) is 1. The Morgan fingerprint density at radius 1 is 1.12 bits per heavy atom. The molecule has 162 valence electrons. The van der Waals surface area contributed by atoms with Crippen LogP contribution in [-0.2, 0) is 17.8 Å². The zero-order chi connectivity index (χ0) is 22.4. The molecule has 4 rings (SSSR count). The van der Waals surface area contributed by atoms with E-state index in [-0.39, 0.29) is 12.5 Å². The number of nitrogens with zero attached hydrogens (tertiary/aromatic N) is 2. The second-order valence-electron chi connectivity index (χ2n) is 8.29. The number of terminal acetylenes is 1. The zero-order valence-electron chi connectivity index (χ0n) is 17.9. The first-order chi connectivity index (χ1) is 15.6. The van der Waals surface area contributed by atoms with Crippen molar-refractivity contribution in [3.63, 3.8) is 0 Å². The van der Waals surface area contributed by atoms with E-state index in [0.717, 1.165) is 40.2 Å². The number of halogens is 1. The molecule has 0 aliphatic carbocycles. The van der Waals surface area contributed by atoms with Gasteiger partial charge in [0.05, 0.1) is 12.0 Å².